The zero-order valence-corrected chi connectivity index (χ0v) is 7.56. The van der Waals surface area contributed by atoms with E-state index in [2.05, 4.69) is 5.32 Å². The van der Waals surface area contributed by atoms with Crippen LogP contribution in [0.25, 0.3) is 0 Å². The first kappa shape index (κ1) is 9.01. The third-order valence-corrected chi connectivity index (χ3v) is 2.77. The van der Waals surface area contributed by atoms with Crippen LogP contribution >= 0.6 is 0 Å². The van der Waals surface area contributed by atoms with Crippen LogP contribution in [-0.2, 0) is 0 Å². The first-order chi connectivity index (χ1) is 5.17. The van der Waals surface area contributed by atoms with Gasteiger partial charge < -0.3 is 10.4 Å². The van der Waals surface area contributed by atoms with Gasteiger partial charge in [-0.15, -0.1) is 0 Å². The molecule has 0 amide bonds. The van der Waals surface area contributed by atoms with E-state index in [1.54, 1.807) is 0 Å². The zero-order chi connectivity index (χ0) is 8.32. The number of rotatable bonds is 3. The van der Waals surface area contributed by atoms with Crippen LogP contribution in [-0.4, -0.2) is 24.3 Å². The van der Waals surface area contributed by atoms with Crippen molar-refractivity contribution in [2.45, 2.75) is 38.2 Å². The van der Waals surface area contributed by atoms with Crippen LogP contribution in [0, 0.1) is 5.92 Å². The molecule has 0 saturated heterocycles. The highest BCUT2D eigenvalue weighted by Gasteiger charge is 2.32. The first-order valence-corrected chi connectivity index (χ1v) is 4.54. The van der Waals surface area contributed by atoms with Crippen LogP contribution < -0.4 is 5.32 Å². The van der Waals surface area contributed by atoms with E-state index < -0.39 is 5.60 Å². The highest BCUT2D eigenvalue weighted by Crippen LogP contribution is 2.33. The topological polar surface area (TPSA) is 32.3 Å². The van der Waals surface area contributed by atoms with Crippen molar-refractivity contribution in [1.82, 2.24) is 5.32 Å². The molecule has 1 fully saturated rings. The molecule has 0 bridgehead atoms. The number of hydrogen-bond donors (Lipinski definition) is 2. The molecule has 2 N–H and O–H groups in total. The second-order valence-electron chi connectivity index (χ2n) is 3.87. The Morgan fingerprint density at radius 1 is 1.45 bits per heavy atom. The lowest BCUT2D eigenvalue weighted by Gasteiger charge is -2.29. The fourth-order valence-electron chi connectivity index (χ4n) is 2.05. The van der Waals surface area contributed by atoms with Crippen molar-refractivity contribution in [2.24, 2.45) is 5.92 Å². The van der Waals surface area contributed by atoms with Gasteiger partial charge in [-0.25, -0.2) is 0 Å². The summed E-state index contributed by atoms with van der Waals surface area (Å²) in [5, 5.41) is 13.0. The molecule has 0 aromatic rings. The van der Waals surface area contributed by atoms with Gasteiger partial charge in [0.15, 0.2) is 0 Å². The summed E-state index contributed by atoms with van der Waals surface area (Å²) in [7, 11) is 1.89. The second-order valence-corrected chi connectivity index (χ2v) is 3.87. The molecule has 1 aliphatic carbocycles. The Balaban J connectivity index is 2.41. The average Bonchev–Trinajstić information content (AvgIpc) is 2.37. The quantitative estimate of drug-likeness (QED) is 0.644. The number of aliphatic hydroxyl groups is 1. The number of hydrogen-bond acceptors (Lipinski definition) is 2. The standard InChI is InChI=1S/C9H19NO/c1-9(11,7-10-2)8-5-3-4-6-8/h8,10-11H,3-7H2,1-2H3. The molecule has 0 aromatic carbocycles. The molecule has 1 saturated carbocycles. The summed E-state index contributed by atoms with van der Waals surface area (Å²) in [6.07, 6.45) is 5.00. The molecule has 11 heavy (non-hydrogen) atoms. The van der Waals surface area contributed by atoms with Gasteiger partial charge >= 0.3 is 0 Å². The molecule has 1 aliphatic rings. The van der Waals surface area contributed by atoms with Crippen molar-refractivity contribution in [2.75, 3.05) is 13.6 Å². The van der Waals surface area contributed by atoms with Gasteiger partial charge in [0.05, 0.1) is 5.60 Å². The van der Waals surface area contributed by atoms with Crippen molar-refractivity contribution < 1.29 is 5.11 Å². The molecule has 1 unspecified atom stereocenters. The monoisotopic (exact) mass is 157 g/mol. The molecule has 0 heterocycles. The Hall–Kier alpha value is -0.0800. The first-order valence-electron chi connectivity index (χ1n) is 4.54. The number of likely N-dealkylation sites (N-methyl/N-ethyl adjacent to an activating group) is 1. The third-order valence-electron chi connectivity index (χ3n) is 2.77. The van der Waals surface area contributed by atoms with Gasteiger partial charge in [-0.05, 0) is 32.7 Å². The predicted molar refractivity (Wildman–Crippen MR) is 46.5 cm³/mol. The fraction of sp³-hybridized carbons (Fsp3) is 1.00. The highest BCUT2D eigenvalue weighted by atomic mass is 16.3. The van der Waals surface area contributed by atoms with Crippen molar-refractivity contribution in [3.63, 3.8) is 0 Å². The largest absolute Gasteiger partial charge is 0.389 e. The van der Waals surface area contributed by atoms with Gasteiger partial charge in [0, 0.05) is 6.54 Å². The van der Waals surface area contributed by atoms with Crippen LogP contribution in [0.4, 0.5) is 0 Å². The van der Waals surface area contributed by atoms with E-state index >= 15 is 0 Å². The summed E-state index contributed by atoms with van der Waals surface area (Å²) in [5.74, 6) is 0.523. The fourth-order valence-corrected chi connectivity index (χ4v) is 2.05. The van der Waals surface area contributed by atoms with E-state index in [4.69, 9.17) is 0 Å². The zero-order valence-electron chi connectivity index (χ0n) is 7.56. The molecule has 1 rings (SSSR count). The number of nitrogens with one attached hydrogen (secondary N) is 1. The van der Waals surface area contributed by atoms with Crippen LogP contribution in [0.5, 0.6) is 0 Å². The van der Waals surface area contributed by atoms with Crippen LogP contribution in [0.1, 0.15) is 32.6 Å². The lowest BCUT2D eigenvalue weighted by molar-refractivity contribution is 0.00406. The van der Waals surface area contributed by atoms with E-state index in [-0.39, 0.29) is 0 Å². The van der Waals surface area contributed by atoms with Gasteiger partial charge in [0.2, 0.25) is 0 Å². The Labute approximate surface area is 69.0 Å². The van der Waals surface area contributed by atoms with Crippen molar-refractivity contribution in [3.05, 3.63) is 0 Å². The van der Waals surface area contributed by atoms with E-state index in [1.807, 2.05) is 14.0 Å². The van der Waals surface area contributed by atoms with Crippen molar-refractivity contribution >= 4 is 0 Å². The van der Waals surface area contributed by atoms with Crippen molar-refractivity contribution in [3.8, 4) is 0 Å². The predicted octanol–water partition coefficient (Wildman–Crippen LogP) is 1.15. The van der Waals surface area contributed by atoms with Gasteiger partial charge in [-0.2, -0.15) is 0 Å². The average molecular weight is 157 g/mol. The Kier molecular flexibility index (Phi) is 2.90. The maximum atomic E-state index is 9.95. The normalized spacial score (nSPS) is 25.4. The molecule has 0 aliphatic heterocycles. The molecule has 0 radical (unpaired) electrons. The molecule has 66 valence electrons. The van der Waals surface area contributed by atoms with Gasteiger partial charge in [0.25, 0.3) is 0 Å². The van der Waals surface area contributed by atoms with E-state index in [0.29, 0.717) is 5.92 Å². The minimum Gasteiger partial charge on any atom is -0.389 e. The summed E-state index contributed by atoms with van der Waals surface area (Å²) in [6, 6.07) is 0. The lowest BCUT2D eigenvalue weighted by atomic mass is 9.88. The van der Waals surface area contributed by atoms with E-state index in [0.717, 1.165) is 6.54 Å². The van der Waals surface area contributed by atoms with Crippen LogP contribution in [0.15, 0.2) is 0 Å². The van der Waals surface area contributed by atoms with Gasteiger partial charge in [-0.3, -0.25) is 0 Å². The summed E-state index contributed by atoms with van der Waals surface area (Å²) in [5.41, 5.74) is -0.481. The molecular weight excluding hydrogens is 138 g/mol. The Morgan fingerprint density at radius 2 is 2.00 bits per heavy atom. The third kappa shape index (κ3) is 2.17. The van der Waals surface area contributed by atoms with Gasteiger partial charge in [-0.1, -0.05) is 12.8 Å². The smallest absolute Gasteiger partial charge is 0.0771 e. The van der Waals surface area contributed by atoms with E-state index in [1.165, 1.54) is 25.7 Å². The molecule has 0 aromatic heterocycles. The highest BCUT2D eigenvalue weighted by molar-refractivity contribution is 4.86. The minimum atomic E-state index is -0.481. The molecule has 2 nitrogen and oxygen atoms in total. The molecule has 0 spiro atoms. The van der Waals surface area contributed by atoms with Crippen LogP contribution in [0.3, 0.4) is 0 Å². The van der Waals surface area contributed by atoms with Crippen molar-refractivity contribution in [1.29, 1.82) is 0 Å². The van der Waals surface area contributed by atoms with E-state index in [9.17, 15) is 5.11 Å². The van der Waals surface area contributed by atoms with Crippen LogP contribution in [0.2, 0.25) is 0 Å². The maximum Gasteiger partial charge on any atom is 0.0771 e. The summed E-state index contributed by atoms with van der Waals surface area (Å²) < 4.78 is 0. The molecule has 2 heteroatoms. The molecule has 1 atom stereocenters. The summed E-state index contributed by atoms with van der Waals surface area (Å²) in [6.45, 7) is 2.66. The summed E-state index contributed by atoms with van der Waals surface area (Å²) in [4.78, 5) is 0. The second kappa shape index (κ2) is 3.55. The summed E-state index contributed by atoms with van der Waals surface area (Å²) >= 11 is 0. The SMILES string of the molecule is CNCC(C)(O)C1CCCC1. The minimum absolute atomic E-state index is 0.481. The molecular formula is C9H19NO. The maximum absolute atomic E-state index is 9.95. The Bertz CT molecular complexity index is 117. The Morgan fingerprint density at radius 3 is 2.45 bits per heavy atom. The lowest BCUT2D eigenvalue weighted by Crippen LogP contribution is -2.42. The van der Waals surface area contributed by atoms with Gasteiger partial charge in [0.1, 0.15) is 0 Å².